The van der Waals surface area contributed by atoms with Crippen molar-refractivity contribution in [1.29, 1.82) is 0 Å². The van der Waals surface area contributed by atoms with Gasteiger partial charge in [-0.15, -0.1) is 0 Å². The highest BCUT2D eigenvalue weighted by Crippen LogP contribution is 2.08. The summed E-state index contributed by atoms with van der Waals surface area (Å²) >= 11 is 6.43. The molecule has 0 unspecified atom stereocenters. The smallest absolute Gasteiger partial charge is 0.102 e. The van der Waals surface area contributed by atoms with Crippen LogP contribution in [0.15, 0.2) is 24.3 Å². The summed E-state index contributed by atoms with van der Waals surface area (Å²) in [4.78, 5) is 0. The first-order valence-corrected chi connectivity index (χ1v) is 6.46. The predicted molar refractivity (Wildman–Crippen MR) is 63.6 cm³/mol. The SMILES string of the molecule is BrCOCc1cccc(COCBr)c1. The molecule has 4 heteroatoms. The van der Waals surface area contributed by atoms with Crippen molar-refractivity contribution in [3.05, 3.63) is 35.4 Å². The van der Waals surface area contributed by atoms with Crippen molar-refractivity contribution in [2.24, 2.45) is 0 Å². The van der Waals surface area contributed by atoms with Crippen molar-refractivity contribution in [1.82, 2.24) is 0 Å². The van der Waals surface area contributed by atoms with Gasteiger partial charge in [-0.3, -0.25) is 0 Å². The molecule has 0 aliphatic heterocycles. The lowest BCUT2D eigenvalue weighted by atomic mass is 10.1. The fourth-order valence-corrected chi connectivity index (χ4v) is 1.45. The zero-order valence-electron chi connectivity index (χ0n) is 7.71. The first-order valence-electron chi connectivity index (χ1n) is 4.22. The monoisotopic (exact) mass is 322 g/mol. The average Bonchev–Trinajstić information content (AvgIpc) is 2.24. The molecule has 0 saturated carbocycles. The number of ether oxygens (including phenoxy) is 2. The summed E-state index contributed by atoms with van der Waals surface area (Å²) in [5, 5.41) is 0. The van der Waals surface area contributed by atoms with Crippen LogP contribution < -0.4 is 0 Å². The van der Waals surface area contributed by atoms with Crippen molar-refractivity contribution in [2.45, 2.75) is 13.2 Å². The Hall–Kier alpha value is 0.100. The van der Waals surface area contributed by atoms with Crippen molar-refractivity contribution in [3.63, 3.8) is 0 Å². The van der Waals surface area contributed by atoms with Gasteiger partial charge in [-0.25, -0.2) is 0 Å². The molecule has 1 aromatic rings. The predicted octanol–water partition coefficient (Wildman–Crippen LogP) is 3.42. The molecule has 0 bridgehead atoms. The van der Waals surface area contributed by atoms with E-state index in [1.54, 1.807) is 0 Å². The molecule has 0 spiro atoms. The van der Waals surface area contributed by atoms with Crippen LogP contribution in [-0.4, -0.2) is 11.0 Å². The van der Waals surface area contributed by atoms with E-state index in [4.69, 9.17) is 9.47 Å². The Morgan fingerprint density at radius 3 is 1.86 bits per heavy atom. The zero-order chi connectivity index (χ0) is 10.2. The van der Waals surface area contributed by atoms with Gasteiger partial charge in [0.1, 0.15) is 11.0 Å². The number of alkyl halides is 2. The molecule has 2 nitrogen and oxygen atoms in total. The van der Waals surface area contributed by atoms with E-state index in [1.165, 1.54) is 11.1 Å². The van der Waals surface area contributed by atoms with E-state index in [-0.39, 0.29) is 0 Å². The minimum absolute atomic E-state index is 0.565. The van der Waals surface area contributed by atoms with Crippen molar-refractivity contribution >= 4 is 31.9 Å². The van der Waals surface area contributed by atoms with Crippen LogP contribution in [0.3, 0.4) is 0 Å². The van der Waals surface area contributed by atoms with E-state index in [0.29, 0.717) is 24.2 Å². The van der Waals surface area contributed by atoms with Crippen LogP contribution in [-0.2, 0) is 22.7 Å². The van der Waals surface area contributed by atoms with E-state index < -0.39 is 0 Å². The summed E-state index contributed by atoms with van der Waals surface area (Å²) in [5.41, 5.74) is 3.46. The molecule has 0 aromatic heterocycles. The molecule has 0 atom stereocenters. The Balaban J connectivity index is 2.50. The highest BCUT2D eigenvalue weighted by molar-refractivity contribution is 9.09. The van der Waals surface area contributed by atoms with Gasteiger partial charge >= 0.3 is 0 Å². The number of hydrogen-bond acceptors (Lipinski definition) is 2. The topological polar surface area (TPSA) is 18.5 Å². The molecule has 1 rings (SSSR count). The lowest BCUT2D eigenvalue weighted by Gasteiger charge is -2.04. The van der Waals surface area contributed by atoms with Crippen LogP contribution in [0, 0.1) is 0 Å². The summed E-state index contributed by atoms with van der Waals surface area (Å²) < 4.78 is 10.5. The van der Waals surface area contributed by atoms with Gasteiger partial charge in [-0.2, -0.15) is 0 Å². The first kappa shape index (κ1) is 12.2. The summed E-state index contributed by atoms with van der Waals surface area (Å²) in [5.74, 6) is 0. The normalized spacial score (nSPS) is 10.4. The third-order valence-corrected chi connectivity index (χ3v) is 2.33. The minimum atomic E-state index is 0.565. The highest BCUT2D eigenvalue weighted by Gasteiger charge is 1.96. The third kappa shape index (κ3) is 4.55. The zero-order valence-corrected chi connectivity index (χ0v) is 10.9. The lowest BCUT2D eigenvalue weighted by molar-refractivity contribution is 0.168. The van der Waals surface area contributed by atoms with E-state index in [9.17, 15) is 0 Å². The maximum Gasteiger partial charge on any atom is 0.102 e. The summed E-state index contributed by atoms with van der Waals surface area (Å²) in [6.07, 6.45) is 0. The van der Waals surface area contributed by atoms with Crippen molar-refractivity contribution in [3.8, 4) is 0 Å². The molecule has 0 amide bonds. The summed E-state index contributed by atoms with van der Waals surface area (Å²) in [6.45, 7) is 1.26. The Labute approximate surface area is 101 Å². The van der Waals surface area contributed by atoms with Gasteiger partial charge in [0.15, 0.2) is 0 Å². The molecule has 0 aliphatic carbocycles. The second-order valence-electron chi connectivity index (χ2n) is 2.74. The minimum Gasteiger partial charge on any atom is -0.366 e. The van der Waals surface area contributed by atoms with Gasteiger partial charge < -0.3 is 9.47 Å². The molecule has 0 aliphatic rings. The second kappa shape index (κ2) is 7.40. The van der Waals surface area contributed by atoms with E-state index in [1.807, 2.05) is 18.2 Å². The Morgan fingerprint density at radius 1 is 0.929 bits per heavy atom. The second-order valence-corrected chi connectivity index (χ2v) is 3.65. The molecule has 78 valence electrons. The molecular weight excluding hydrogens is 312 g/mol. The van der Waals surface area contributed by atoms with E-state index in [2.05, 4.69) is 37.9 Å². The fraction of sp³-hybridized carbons (Fsp3) is 0.400. The van der Waals surface area contributed by atoms with Gasteiger partial charge in [0.2, 0.25) is 0 Å². The van der Waals surface area contributed by atoms with Crippen LogP contribution in [0.5, 0.6) is 0 Å². The quantitative estimate of drug-likeness (QED) is 0.747. The Bertz CT molecular complexity index is 243. The molecule has 0 heterocycles. The van der Waals surface area contributed by atoms with Crippen molar-refractivity contribution < 1.29 is 9.47 Å². The van der Waals surface area contributed by atoms with Crippen LogP contribution in [0.2, 0.25) is 0 Å². The molecule has 0 radical (unpaired) electrons. The lowest BCUT2D eigenvalue weighted by Crippen LogP contribution is -1.94. The number of halogens is 2. The molecule has 0 fully saturated rings. The first-order chi connectivity index (χ1) is 6.86. The largest absolute Gasteiger partial charge is 0.366 e. The maximum absolute atomic E-state index is 5.25. The van der Waals surface area contributed by atoms with Gasteiger partial charge in [0.25, 0.3) is 0 Å². The van der Waals surface area contributed by atoms with Crippen LogP contribution in [0.4, 0.5) is 0 Å². The fourth-order valence-electron chi connectivity index (χ4n) is 1.12. The van der Waals surface area contributed by atoms with Crippen LogP contribution in [0.1, 0.15) is 11.1 Å². The summed E-state index contributed by atoms with van der Waals surface area (Å²) in [6, 6.07) is 8.19. The van der Waals surface area contributed by atoms with E-state index >= 15 is 0 Å². The highest BCUT2D eigenvalue weighted by atomic mass is 79.9. The van der Waals surface area contributed by atoms with Crippen molar-refractivity contribution in [2.75, 3.05) is 11.0 Å². The molecule has 1 aromatic carbocycles. The molecular formula is C10H12Br2O2. The third-order valence-electron chi connectivity index (χ3n) is 1.68. The Kier molecular flexibility index (Phi) is 6.43. The molecule has 14 heavy (non-hydrogen) atoms. The van der Waals surface area contributed by atoms with Gasteiger partial charge in [-0.1, -0.05) is 56.1 Å². The number of rotatable bonds is 6. The average molecular weight is 324 g/mol. The molecule has 0 N–H and O–H groups in total. The van der Waals surface area contributed by atoms with Crippen LogP contribution >= 0.6 is 31.9 Å². The molecule has 0 saturated heterocycles. The number of hydrogen-bond donors (Lipinski definition) is 0. The summed E-state index contributed by atoms with van der Waals surface area (Å²) in [7, 11) is 0. The Morgan fingerprint density at radius 2 is 1.43 bits per heavy atom. The van der Waals surface area contributed by atoms with E-state index in [0.717, 1.165) is 0 Å². The maximum atomic E-state index is 5.25. The van der Waals surface area contributed by atoms with Gasteiger partial charge in [0, 0.05) is 0 Å². The number of benzene rings is 1. The standard InChI is InChI=1S/C10H12Br2O2/c11-7-13-5-9-2-1-3-10(4-9)6-14-8-12/h1-4H,5-8H2. The van der Waals surface area contributed by atoms with Gasteiger partial charge in [-0.05, 0) is 11.1 Å². The van der Waals surface area contributed by atoms with Gasteiger partial charge in [0.05, 0.1) is 13.2 Å². The van der Waals surface area contributed by atoms with Crippen LogP contribution in [0.25, 0.3) is 0 Å².